The second-order valence-electron chi connectivity index (χ2n) is 6.96. The molecule has 5 heteroatoms. The number of carbonyl (C=O) groups is 1. The van der Waals surface area contributed by atoms with E-state index in [0.29, 0.717) is 6.54 Å². The first kappa shape index (κ1) is 16.7. The molecule has 1 atom stereocenters. The zero-order valence-electron chi connectivity index (χ0n) is 14.4. The molecule has 1 aromatic heterocycles. The number of amides is 1. The number of nitrogens with zero attached hydrogens (tertiary/aromatic N) is 3. The van der Waals surface area contributed by atoms with Crippen molar-refractivity contribution in [2.75, 3.05) is 18.0 Å². The van der Waals surface area contributed by atoms with Gasteiger partial charge in [-0.25, -0.2) is 9.97 Å². The number of aromatic nitrogens is 2. The molecule has 122 valence electrons. The van der Waals surface area contributed by atoms with Gasteiger partial charge in [0.05, 0.1) is 5.92 Å². The quantitative estimate of drug-likeness (QED) is 0.929. The first-order valence-corrected chi connectivity index (χ1v) is 8.20. The van der Waals surface area contributed by atoms with Crippen molar-refractivity contribution >= 4 is 11.9 Å². The van der Waals surface area contributed by atoms with Crippen LogP contribution in [0.1, 0.15) is 51.4 Å². The van der Waals surface area contributed by atoms with Crippen molar-refractivity contribution in [2.45, 2.75) is 59.4 Å². The summed E-state index contributed by atoms with van der Waals surface area (Å²) in [5.74, 6) is 0.926. The van der Waals surface area contributed by atoms with Gasteiger partial charge in [-0.1, -0.05) is 6.92 Å². The van der Waals surface area contributed by atoms with E-state index in [-0.39, 0.29) is 17.4 Å². The highest BCUT2D eigenvalue weighted by Crippen LogP contribution is 2.22. The van der Waals surface area contributed by atoms with Crippen LogP contribution in [-0.4, -0.2) is 34.5 Å². The highest BCUT2D eigenvalue weighted by molar-refractivity contribution is 5.80. The fourth-order valence-corrected chi connectivity index (χ4v) is 2.75. The number of piperidine rings is 1. The Balaban J connectivity index is 2.07. The lowest BCUT2D eigenvalue weighted by Crippen LogP contribution is -2.50. The van der Waals surface area contributed by atoms with Crippen LogP contribution in [0.25, 0.3) is 0 Å². The molecule has 0 aliphatic carbocycles. The second kappa shape index (κ2) is 6.63. The molecule has 1 fully saturated rings. The summed E-state index contributed by atoms with van der Waals surface area (Å²) >= 11 is 0. The predicted molar refractivity (Wildman–Crippen MR) is 89.0 cm³/mol. The van der Waals surface area contributed by atoms with Crippen LogP contribution in [0, 0.1) is 19.8 Å². The molecule has 1 aromatic rings. The molecule has 0 unspecified atom stereocenters. The minimum atomic E-state index is -0.143. The van der Waals surface area contributed by atoms with Gasteiger partial charge in [0.25, 0.3) is 0 Å². The third-order valence-electron chi connectivity index (χ3n) is 4.39. The predicted octanol–water partition coefficient (Wildman–Crippen LogP) is 2.61. The van der Waals surface area contributed by atoms with E-state index in [0.717, 1.165) is 43.1 Å². The summed E-state index contributed by atoms with van der Waals surface area (Å²) in [5, 5.41) is 3.16. The van der Waals surface area contributed by atoms with E-state index < -0.39 is 0 Å². The molecule has 1 aliphatic rings. The van der Waals surface area contributed by atoms with Gasteiger partial charge in [0.2, 0.25) is 11.9 Å². The first-order valence-electron chi connectivity index (χ1n) is 8.20. The first-order chi connectivity index (χ1) is 10.3. The van der Waals surface area contributed by atoms with E-state index in [1.807, 2.05) is 19.9 Å². The third-order valence-corrected chi connectivity index (χ3v) is 4.39. The largest absolute Gasteiger partial charge is 0.351 e. The molecule has 2 heterocycles. The summed E-state index contributed by atoms with van der Waals surface area (Å²) in [6, 6.07) is 1.97. The van der Waals surface area contributed by atoms with Crippen LogP contribution in [-0.2, 0) is 4.79 Å². The van der Waals surface area contributed by atoms with Gasteiger partial charge >= 0.3 is 0 Å². The van der Waals surface area contributed by atoms with Gasteiger partial charge in [0.1, 0.15) is 0 Å². The molecule has 0 radical (unpaired) electrons. The van der Waals surface area contributed by atoms with Crippen molar-refractivity contribution < 1.29 is 4.79 Å². The van der Waals surface area contributed by atoms with Crippen LogP contribution < -0.4 is 10.2 Å². The number of rotatable bonds is 4. The summed E-state index contributed by atoms with van der Waals surface area (Å²) in [5.41, 5.74) is 1.80. The van der Waals surface area contributed by atoms with Gasteiger partial charge in [-0.3, -0.25) is 4.79 Å². The van der Waals surface area contributed by atoms with Gasteiger partial charge in [0, 0.05) is 30.0 Å². The normalized spacial score (nSPS) is 19.1. The SMILES string of the molecule is CCC(C)(C)NC(=O)[C@H]1CCCN(c2nc(C)cc(C)n2)C1. The maximum atomic E-state index is 12.5. The Hall–Kier alpha value is -1.65. The molecule has 5 nitrogen and oxygen atoms in total. The zero-order chi connectivity index (χ0) is 16.3. The Morgan fingerprint density at radius 2 is 2.00 bits per heavy atom. The summed E-state index contributed by atoms with van der Waals surface area (Å²) in [6.07, 6.45) is 2.86. The van der Waals surface area contributed by atoms with Crippen molar-refractivity contribution in [3.8, 4) is 0 Å². The molecule has 2 rings (SSSR count). The average Bonchev–Trinajstić information content (AvgIpc) is 2.46. The van der Waals surface area contributed by atoms with Crippen LogP contribution >= 0.6 is 0 Å². The van der Waals surface area contributed by atoms with Gasteiger partial charge in [0.15, 0.2) is 0 Å². The van der Waals surface area contributed by atoms with Gasteiger partial charge < -0.3 is 10.2 Å². The Morgan fingerprint density at radius 1 is 1.36 bits per heavy atom. The molecular formula is C17H28N4O. The average molecular weight is 304 g/mol. The Morgan fingerprint density at radius 3 is 2.59 bits per heavy atom. The van der Waals surface area contributed by atoms with Crippen LogP contribution in [0.3, 0.4) is 0 Å². The van der Waals surface area contributed by atoms with Crippen molar-refractivity contribution in [1.29, 1.82) is 0 Å². The lowest BCUT2D eigenvalue weighted by molar-refractivity contribution is -0.126. The molecule has 1 N–H and O–H groups in total. The van der Waals surface area contributed by atoms with Gasteiger partial charge in [-0.05, 0) is 53.0 Å². The van der Waals surface area contributed by atoms with E-state index in [4.69, 9.17) is 0 Å². The smallest absolute Gasteiger partial charge is 0.225 e. The van der Waals surface area contributed by atoms with Crippen LogP contribution in [0.2, 0.25) is 0 Å². The van der Waals surface area contributed by atoms with Crippen molar-refractivity contribution in [3.63, 3.8) is 0 Å². The lowest BCUT2D eigenvalue weighted by atomic mass is 9.94. The molecule has 0 spiro atoms. The number of hydrogen-bond acceptors (Lipinski definition) is 4. The highest BCUT2D eigenvalue weighted by Gasteiger charge is 2.30. The van der Waals surface area contributed by atoms with Gasteiger partial charge in [-0.15, -0.1) is 0 Å². The van der Waals surface area contributed by atoms with Crippen LogP contribution in [0.4, 0.5) is 5.95 Å². The molecule has 1 saturated heterocycles. The molecule has 0 aromatic carbocycles. The zero-order valence-corrected chi connectivity index (χ0v) is 14.4. The fraction of sp³-hybridized carbons (Fsp3) is 0.706. The third kappa shape index (κ3) is 4.18. The number of aryl methyl sites for hydroxylation is 2. The number of anilines is 1. The van der Waals surface area contributed by atoms with Crippen molar-refractivity contribution in [2.24, 2.45) is 5.92 Å². The maximum Gasteiger partial charge on any atom is 0.225 e. The standard InChI is InChI=1S/C17H28N4O/c1-6-17(4,5)20-15(22)14-8-7-9-21(11-14)16-18-12(2)10-13(3)19-16/h10,14H,6-9,11H2,1-5H3,(H,20,22)/t14-/m0/s1. The number of carbonyl (C=O) groups excluding carboxylic acids is 1. The van der Waals surface area contributed by atoms with Crippen LogP contribution in [0.5, 0.6) is 0 Å². The number of hydrogen-bond donors (Lipinski definition) is 1. The highest BCUT2D eigenvalue weighted by atomic mass is 16.2. The van der Waals surface area contributed by atoms with Crippen molar-refractivity contribution in [1.82, 2.24) is 15.3 Å². The molecule has 0 saturated carbocycles. The Labute approximate surface area is 133 Å². The summed E-state index contributed by atoms with van der Waals surface area (Å²) in [6.45, 7) is 11.8. The summed E-state index contributed by atoms with van der Waals surface area (Å²) in [4.78, 5) is 23.7. The summed E-state index contributed by atoms with van der Waals surface area (Å²) < 4.78 is 0. The van der Waals surface area contributed by atoms with E-state index in [9.17, 15) is 4.79 Å². The Bertz CT molecular complexity index is 521. The van der Waals surface area contributed by atoms with E-state index >= 15 is 0 Å². The Kier molecular flexibility index (Phi) is 5.04. The van der Waals surface area contributed by atoms with E-state index in [1.54, 1.807) is 0 Å². The number of nitrogens with one attached hydrogen (secondary N) is 1. The molecule has 1 amide bonds. The summed E-state index contributed by atoms with van der Waals surface area (Å²) in [7, 11) is 0. The lowest BCUT2D eigenvalue weighted by Gasteiger charge is -2.34. The van der Waals surface area contributed by atoms with E-state index in [2.05, 4.69) is 41.0 Å². The maximum absolute atomic E-state index is 12.5. The molecule has 1 aliphatic heterocycles. The topological polar surface area (TPSA) is 58.1 Å². The van der Waals surface area contributed by atoms with Crippen LogP contribution in [0.15, 0.2) is 6.07 Å². The van der Waals surface area contributed by atoms with E-state index in [1.165, 1.54) is 0 Å². The minimum Gasteiger partial charge on any atom is -0.351 e. The molecule has 22 heavy (non-hydrogen) atoms. The fourth-order valence-electron chi connectivity index (χ4n) is 2.75. The monoisotopic (exact) mass is 304 g/mol. The minimum absolute atomic E-state index is 0.0176. The molecule has 0 bridgehead atoms. The molecular weight excluding hydrogens is 276 g/mol. The second-order valence-corrected chi connectivity index (χ2v) is 6.96. The van der Waals surface area contributed by atoms with Gasteiger partial charge in [-0.2, -0.15) is 0 Å². The van der Waals surface area contributed by atoms with Crippen molar-refractivity contribution in [3.05, 3.63) is 17.5 Å².